The lowest BCUT2D eigenvalue weighted by Gasteiger charge is -2.06. The molecule has 2 aromatic rings. The Labute approximate surface area is 116 Å². The van der Waals surface area contributed by atoms with Crippen molar-refractivity contribution in [3.8, 4) is 11.6 Å². The molecule has 1 aromatic heterocycles. The van der Waals surface area contributed by atoms with Crippen molar-refractivity contribution in [3.05, 3.63) is 45.8 Å². The Hall–Kier alpha value is -1.66. The van der Waals surface area contributed by atoms with Crippen LogP contribution < -0.4 is 4.74 Å². The number of carbonyl (C=O) groups is 1. The molecule has 0 bridgehead atoms. The van der Waals surface area contributed by atoms with Crippen molar-refractivity contribution >= 4 is 33.5 Å². The average molecular weight is 330 g/mol. The summed E-state index contributed by atoms with van der Waals surface area (Å²) in [5, 5.41) is 9.09. The zero-order valence-electron chi connectivity index (χ0n) is 8.80. The number of nitrogens with zero attached hydrogens (tertiary/aromatic N) is 2. The molecule has 18 heavy (non-hydrogen) atoms. The van der Waals surface area contributed by atoms with Crippen LogP contribution in [0.3, 0.4) is 0 Å². The highest BCUT2D eigenvalue weighted by Crippen LogP contribution is 2.30. The molecule has 0 atom stereocenters. The van der Waals surface area contributed by atoms with Crippen LogP contribution in [-0.2, 0) is 0 Å². The maximum atomic E-state index is 10.6. The molecule has 0 aliphatic rings. The second-order valence-electron chi connectivity index (χ2n) is 3.22. The van der Waals surface area contributed by atoms with Gasteiger partial charge in [-0.3, -0.25) is 0 Å². The highest BCUT2D eigenvalue weighted by Gasteiger charge is 2.08. The Morgan fingerprint density at radius 1 is 1.33 bits per heavy atom. The first kappa shape index (κ1) is 12.8. The van der Waals surface area contributed by atoms with Crippen LogP contribution in [0.2, 0.25) is 5.02 Å². The third-order valence-corrected chi connectivity index (χ3v) is 2.76. The quantitative estimate of drug-likeness (QED) is 0.934. The molecule has 0 saturated carbocycles. The van der Waals surface area contributed by atoms with Crippen LogP contribution in [0.1, 0.15) is 10.5 Å². The molecule has 0 saturated heterocycles. The molecule has 1 aromatic carbocycles. The summed E-state index contributed by atoms with van der Waals surface area (Å²) in [5.74, 6) is -0.571. The first-order valence-corrected chi connectivity index (χ1v) is 5.91. The van der Waals surface area contributed by atoms with Gasteiger partial charge in [-0.15, -0.1) is 0 Å². The van der Waals surface area contributed by atoms with E-state index in [1.54, 1.807) is 18.2 Å². The number of carboxylic acids is 1. The van der Waals surface area contributed by atoms with Gasteiger partial charge in [0.15, 0.2) is 5.69 Å². The van der Waals surface area contributed by atoms with Gasteiger partial charge in [0.25, 0.3) is 0 Å². The lowest BCUT2D eigenvalue weighted by Crippen LogP contribution is -2.01. The normalized spacial score (nSPS) is 10.1. The number of aromatic carboxylic acids is 1. The SMILES string of the molecule is O=C(O)c1cnc(Oc2cc(Br)ccc2Cl)cn1. The maximum Gasteiger partial charge on any atom is 0.356 e. The van der Waals surface area contributed by atoms with Gasteiger partial charge in [-0.2, -0.15) is 0 Å². The Morgan fingerprint density at radius 3 is 2.72 bits per heavy atom. The van der Waals surface area contributed by atoms with Gasteiger partial charge in [-0.1, -0.05) is 27.5 Å². The minimum Gasteiger partial charge on any atom is -0.476 e. The number of hydrogen-bond acceptors (Lipinski definition) is 4. The minimum absolute atomic E-state index is 0.150. The summed E-state index contributed by atoms with van der Waals surface area (Å²) >= 11 is 9.23. The van der Waals surface area contributed by atoms with Crippen molar-refractivity contribution in [2.45, 2.75) is 0 Å². The Balaban J connectivity index is 2.23. The zero-order valence-corrected chi connectivity index (χ0v) is 11.1. The fourth-order valence-electron chi connectivity index (χ4n) is 1.15. The molecule has 0 unspecified atom stereocenters. The van der Waals surface area contributed by atoms with Gasteiger partial charge >= 0.3 is 5.97 Å². The predicted octanol–water partition coefficient (Wildman–Crippen LogP) is 3.38. The molecule has 7 heteroatoms. The fourth-order valence-corrected chi connectivity index (χ4v) is 1.64. The smallest absolute Gasteiger partial charge is 0.356 e. The Bertz CT molecular complexity index is 589. The lowest BCUT2D eigenvalue weighted by atomic mass is 10.3. The lowest BCUT2D eigenvalue weighted by molar-refractivity contribution is 0.0690. The maximum absolute atomic E-state index is 10.6. The van der Waals surface area contributed by atoms with E-state index >= 15 is 0 Å². The monoisotopic (exact) mass is 328 g/mol. The largest absolute Gasteiger partial charge is 0.476 e. The number of aromatic nitrogens is 2. The van der Waals surface area contributed by atoms with E-state index in [-0.39, 0.29) is 11.6 Å². The molecule has 92 valence electrons. The van der Waals surface area contributed by atoms with Gasteiger partial charge < -0.3 is 9.84 Å². The molecule has 0 amide bonds. The van der Waals surface area contributed by atoms with Crippen molar-refractivity contribution in [1.82, 2.24) is 9.97 Å². The van der Waals surface area contributed by atoms with Gasteiger partial charge in [0, 0.05) is 4.47 Å². The van der Waals surface area contributed by atoms with Crippen molar-refractivity contribution < 1.29 is 14.6 Å². The van der Waals surface area contributed by atoms with E-state index in [1.165, 1.54) is 6.20 Å². The second kappa shape index (κ2) is 5.32. The summed E-state index contributed by atoms with van der Waals surface area (Å²) < 4.78 is 6.20. The van der Waals surface area contributed by atoms with Crippen LogP contribution in [0.4, 0.5) is 0 Å². The zero-order chi connectivity index (χ0) is 13.1. The Kier molecular flexibility index (Phi) is 3.78. The third kappa shape index (κ3) is 2.96. The van der Waals surface area contributed by atoms with E-state index in [2.05, 4.69) is 25.9 Å². The highest BCUT2D eigenvalue weighted by molar-refractivity contribution is 9.10. The molecule has 0 spiro atoms. The van der Waals surface area contributed by atoms with Gasteiger partial charge in [0.2, 0.25) is 5.88 Å². The molecule has 1 N–H and O–H groups in total. The number of benzene rings is 1. The van der Waals surface area contributed by atoms with E-state index in [0.717, 1.165) is 10.7 Å². The van der Waals surface area contributed by atoms with Gasteiger partial charge in [0.05, 0.1) is 17.4 Å². The number of halogens is 2. The summed E-state index contributed by atoms with van der Waals surface area (Å²) in [6, 6.07) is 5.11. The number of hydrogen-bond donors (Lipinski definition) is 1. The number of carboxylic acid groups (broad SMARTS) is 1. The van der Waals surface area contributed by atoms with Crippen molar-refractivity contribution in [1.29, 1.82) is 0 Å². The molecular formula is C11H6BrClN2O3. The summed E-state index contributed by atoms with van der Waals surface area (Å²) in [4.78, 5) is 18.1. The van der Waals surface area contributed by atoms with Gasteiger partial charge in [0.1, 0.15) is 5.75 Å². The Morgan fingerprint density at radius 2 is 2.11 bits per heavy atom. The molecule has 0 radical (unpaired) electrons. The first-order chi connectivity index (χ1) is 8.56. The van der Waals surface area contributed by atoms with E-state index in [9.17, 15) is 4.79 Å². The minimum atomic E-state index is -1.14. The van der Waals surface area contributed by atoms with Gasteiger partial charge in [-0.05, 0) is 18.2 Å². The summed E-state index contributed by atoms with van der Waals surface area (Å²) in [7, 11) is 0. The molecule has 0 aliphatic carbocycles. The van der Waals surface area contributed by atoms with Crippen molar-refractivity contribution in [3.63, 3.8) is 0 Å². The summed E-state index contributed by atoms with van der Waals surface area (Å²) in [6.07, 6.45) is 2.34. The van der Waals surface area contributed by atoms with Crippen LogP contribution in [0, 0.1) is 0 Å². The predicted molar refractivity (Wildman–Crippen MR) is 68.2 cm³/mol. The molecule has 1 heterocycles. The summed E-state index contributed by atoms with van der Waals surface area (Å²) in [5.41, 5.74) is -0.150. The van der Waals surface area contributed by atoms with Crippen LogP contribution in [0.25, 0.3) is 0 Å². The van der Waals surface area contributed by atoms with Crippen LogP contribution in [-0.4, -0.2) is 21.0 Å². The molecule has 0 aliphatic heterocycles. The third-order valence-electron chi connectivity index (χ3n) is 1.96. The van der Waals surface area contributed by atoms with Crippen LogP contribution in [0.5, 0.6) is 11.6 Å². The van der Waals surface area contributed by atoms with E-state index in [4.69, 9.17) is 21.4 Å². The first-order valence-electron chi connectivity index (χ1n) is 4.74. The molecule has 0 fully saturated rings. The van der Waals surface area contributed by atoms with Crippen LogP contribution >= 0.6 is 27.5 Å². The highest BCUT2D eigenvalue weighted by atomic mass is 79.9. The second-order valence-corrected chi connectivity index (χ2v) is 4.54. The van der Waals surface area contributed by atoms with E-state index < -0.39 is 5.97 Å². The standard InChI is InChI=1S/C11H6BrClN2O3/c12-6-1-2-7(13)9(3-6)18-10-5-14-8(4-15-10)11(16)17/h1-5H,(H,16,17). The topological polar surface area (TPSA) is 72.3 Å². The molecular weight excluding hydrogens is 323 g/mol. The van der Waals surface area contributed by atoms with Crippen molar-refractivity contribution in [2.75, 3.05) is 0 Å². The number of ether oxygens (including phenoxy) is 1. The van der Waals surface area contributed by atoms with E-state index in [0.29, 0.717) is 10.8 Å². The van der Waals surface area contributed by atoms with Crippen molar-refractivity contribution in [2.24, 2.45) is 0 Å². The number of rotatable bonds is 3. The van der Waals surface area contributed by atoms with Crippen LogP contribution in [0.15, 0.2) is 35.1 Å². The van der Waals surface area contributed by atoms with Gasteiger partial charge in [-0.25, -0.2) is 14.8 Å². The molecule has 2 rings (SSSR count). The average Bonchev–Trinajstić information content (AvgIpc) is 2.34. The molecule has 5 nitrogen and oxygen atoms in total. The summed E-state index contributed by atoms with van der Waals surface area (Å²) in [6.45, 7) is 0. The fraction of sp³-hybridized carbons (Fsp3) is 0. The van der Waals surface area contributed by atoms with E-state index in [1.807, 2.05) is 0 Å².